The predicted octanol–water partition coefficient (Wildman–Crippen LogP) is 2.81. The number of rotatable bonds is 6. The number of nitrogens with one attached hydrogen (secondary N) is 3. The first-order valence-electron chi connectivity index (χ1n) is 11.7. The van der Waals surface area contributed by atoms with E-state index in [1.54, 1.807) is 9.58 Å². The van der Waals surface area contributed by atoms with Gasteiger partial charge in [-0.1, -0.05) is 35.9 Å². The number of hydrogen-bond acceptors (Lipinski definition) is 4. The van der Waals surface area contributed by atoms with Gasteiger partial charge in [-0.2, -0.15) is 5.10 Å². The zero-order chi connectivity index (χ0) is 23.9. The molecule has 2 saturated heterocycles. The molecular formula is C26H25ClN6O2. The van der Waals surface area contributed by atoms with Crippen LogP contribution in [-0.2, 0) is 22.6 Å². The molecule has 2 aliphatic heterocycles. The molecule has 4 heterocycles. The average Bonchev–Trinajstić information content (AvgIpc) is 3.60. The standard InChI is InChI=1S/C26H25ClN6O2/c27-18-4-3-5-20(9-18)33-14-16(12-30-33)11-28-19-10-24-25(34)31-23(26(35)32(24)15-19)8-17-13-29-22-7-2-1-6-21(17)22/h1-7,9,12-14,19,23-24,28-29H,8,10-11,15H2,(H,31,34)/t19-,23-,24-/m0/s1. The SMILES string of the molecule is O=C1N[C@@H](Cc2c[nH]c3ccccc23)C(=O)N2C[C@@H](NCc3cnn(-c4cccc(Cl)c4)c3)C[C@@H]12. The number of piperazine rings is 1. The van der Waals surface area contributed by atoms with E-state index in [0.717, 1.165) is 27.7 Å². The lowest BCUT2D eigenvalue weighted by molar-refractivity contribution is -0.146. The molecule has 0 aliphatic carbocycles. The number of fused-ring (bicyclic) bond motifs is 2. The number of amides is 2. The van der Waals surface area contributed by atoms with Crippen molar-refractivity contribution in [1.29, 1.82) is 0 Å². The summed E-state index contributed by atoms with van der Waals surface area (Å²) in [5.74, 6) is -0.0922. The highest BCUT2D eigenvalue weighted by atomic mass is 35.5. The topological polar surface area (TPSA) is 95.1 Å². The zero-order valence-electron chi connectivity index (χ0n) is 18.9. The van der Waals surface area contributed by atoms with Crippen LogP contribution in [0.5, 0.6) is 0 Å². The highest BCUT2D eigenvalue weighted by Crippen LogP contribution is 2.26. The van der Waals surface area contributed by atoms with Crippen molar-refractivity contribution in [3.05, 3.63) is 83.3 Å². The van der Waals surface area contributed by atoms with Crippen LogP contribution in [0.15, 0.2) is 67.1 Å². The molecule has 2 amide bonds. The summed E-state index contributed by atoms with van der Waals surface area (Å²) in [4.78, 5) is 31.1. The maximum absolute atomic E-state index is 13.3. The van der Waals surface area contributed by atoms with E-state index in [-0.39, 0.29) is 17.9 Å². The number of aromatic amines is 1. The lowest BCUT2D eigenvalue weighted by Crippen LogP contribution is -2.61. The second-order valence-electron chi connectivity index (χ2n) is 9.22. The minimum absolute atomic E-state index is 0.0158. The third kappa shape index (κ3) is 4.19. The van der Waals surface area contributed by atoms with Crippen LogP contribution in [0.25, 0.3) is 16.6 Å². The summed E-state index contributed by atoms with van der Waals surface area (Å²) in [6.07, 6.45) is 6.76. The van der Waals surface area contributed by atoms with Crippen molar-refractivity contribution in [1.82, 2.24) is 30.3 Å². The van der Waals surface area contributed by atoms with E-state index in [1.165, 1.54) is 0 Å². The Morgan fingerprint density at radius 1 is 1.14 bits per heavy atom. The fraction of sp³-hybridized carbons (Fsp3) is 0.269. The average molecular weight is 489 g/mol. The number of benzene rings is 2. The van der Waals surface area contributed by atoms with Crippen LogP contribution in [0.4, 0.5) is 0 Å². The van der Waals surface area contributed by atoms with E-state index in [9.17, 15) is 9.59 Å². The van der Waals surface area contributed by atoms with Crippen molar-refractivity contribution in [3.63, 3.8) is 0 Å². The third-order valence-electron chi connectivity index (χ3n) is 6.90. The molecule has 3 N–H and O–H groups in total. The Morgan fingerprint density at radius 3 is 2.91 bits per heavy atom. The number of aromatic nitrogens is 3. The normalized spacial score (nSPS) is 22.0. The van der Waals surface area contributed by atoms with Crippen molar-refractivity contribution < 1.29 is 9.59 Å². The van der Waals surface area contributed by atoms with Crippen LogP contribution >= 0.6 is 11.6 Å². The van der Waals surface area contributed by atoms with Crippen molar-refractivity contribution in [3.8, 4) is 5.69 Å². The first-order chi connectivity index (χ1) is 17.0. The van der Waals surface area contributed by atoms with Gasteiger partial charge in [-0.3, -0.25) is 9.59 Å². The summed E-state index contributed by atoms with van der Waals surface area (Å²) in [6.45, 7) is 1.12. The lowest BCUT2D eigenvalue weighted by atomic mass is 10.0. The molecule has 35 heavy (non-hydrogen) atoms. The predicted molar refractivity (Wildman–Crippen MR) is 133 cm³/mol. The monoisotopic (exact) mass is 488 g/mol. The molecule has 6 rings (SSSR count). The van der Waals surface area contributed by atoms with Gasteiger partial charge < -0.3 is 20.5 Å². The van der Waals surface area contributed by atoms with E-state index in [2.05, 4.69) is 20.7 Å². The summed E-state index contributed by atoms with van der Waals surface area (Å²) in [5, 5.41) is 12.6. The molecular weight excluding hydrogens is 464 g/mol. The van der Waals surface area contributed by atoms with E-state index in [4.69, 9.17) is 11.6 Å². The van der Waals surface area contributed by atoms with Crippen molar-refractivity contribution >= 4 is 34.3 Å². The molecule has 0 saturated carbocycles. The Balaban J connectivity index is 1.10. The van der Waals surface area contributed by atoms with Gasteiger partial charge in [0, 0.05) is 59.4 Å². The van der Waals surface area contributed by atoms with Gasteiger partial charge in [0.05, 0.1) is 11.9 Å². The van der Waals surface area contributed by atoms with E-state index in [1.807, 2.05) is 67.1 Å². The molecule has 2 aromatic heterocycles. The number of carbonyl (C=O) groups excluding carboxylic acids is 2. The molecule has 0 bridgehead atoms. The van der Waals surface area contributed by atoms with Gasteiger partial charge in [0.1, 0.15) is 12.1 Å². The molecule has 0 spiro atoms. The molecule has 0 radical (unpaired) electrons. The van der Waals surface area contributed by atoms with Crippen LogP contribution in [0.3, 0.4) is 0 Å². The molecule has 2 aliphatic rings. The molecule has 9 heteroatoms. The number of carbonyl (C=O) groups is 2. The number of nitrogens with zero attached hydrogens (tertiary/aromatic N) is 3. The first-order valence-corrected chi connectivity index (χ1v) is 12.1. The molecule has 2 aromatic carbocycles. The quantitative estimate of drug-likeness (QED) is 0.389. The largest absolute Gasteiger partial charge is 0.361 e. The number of hydrogen-bond donors (Lipinski definition) is 3. The minimum Gasteiger partial charge on any atom is -0.361 e. The van der Waals surface area contributed by atoms with E-state index < -0.39 is 12.1 Å². The molecule has 2 fully saturated rings. The van der Waals surface area contributed by atoms with Gasteiger partial charge in [-0.05, 0) is 36.2 Å². The maximum atomic E-state index is 13.3. The molecule has 4 aromatic rings. The van der Waals surface area contributed by atoms with Crippen LogP contribution in [0.1, 0.15) is 17.5 Å². The van der Waals surface area contributed by atoms with Crippen LogP contribution in [0, 0.1) is 0 Å². The van der Waals surface area contributed by atoms with E-state index in [0.29, 0.717) is 31.0 Å². The van der Waals surface area contributed by atoms with Gasteiger partial charge in [0.2, 0.25) is 11.8 Å². The van der Waals surface area contributed by atoms with Crippen molar-refractivity contribution in [2.24, 2.45) is 0 Å². The minimum atomic E-state index is -0.548. The highest BCUT2D eigenvalue weighted by molar-refractivity contribution is 6.30. The summed E-state index contributed by atoms with van der Waals surface area (Å²) in [6, 6.07) is 14.6. The number of halogens is 1. The second-order valence-corrected chi connectivity index (χ2v) is 9.65. The molecule has 178 valence electrons. The summed E-state index contributed by atoms with van der Waals surface area (Å²) >= 11 is 6.09. The van der Waals surface area contributed by atoms with Crippen molar-refractivity contribution in [2.45, 2.75) is 37.5 Å². The second kappa shape index (κ2) is 8.87. The Bertz CT molecular complexity index is 1410. The first kappa shape index (κ1) is 21.9. The Morgan fingerprint density at radius 2 is 2.03 bits per heavy atom. The lowest BCUT2D eigenvalue weighted by Gasteiger charge is -2.34. The number of H-pyrrole nitrogens is 1. The smallest absolute Gasteiger partial charge is 0.246 e. The fourth-order valence-corrected chi connectivity index (χ4v) is 5.32. The fourth-order valence-electron chi connectivity index (χ4n) is 5.14. The van der Waals surface area contributed by atoms with Gasteiger partial charge in [0.25, 0.3) is 0 Å². The number of para-hydroxylation sites is 1. The van der Waals surface area contributed by atoms with Gasteiger partial charge >= 0.3 is 0 Å². The molecule has 0 unspecified atom stereocenters. The summed E-state index contributed by atoms with van der Waals surface area (Å²) < 4.78 is 1.78. The van der Waals surface area contributed by atoms with Gasteiger partial charge in [0.15, 0.2) is 0 Å². The van der Waals surface area contributed by atoms with Crippen LogP contribution in [0.2, 0.25) is 5.02 Å². The zero-order valence-corrected chi connectivity index (χ0v) is 19.7. The van der Waals surface area contributed by atoms with Gasteiger partial charge in [-0.25, -0.2) is 4.68 Å². The Hall–Kier alpha value is -3.62. The van der Waals surface area contributed by atoms with Gasteiger partial charge in [-0.15, -0.1) is 0 Å². The third-order valence-corrected chi connectivity index (χ3v) is 7.14. The van der Waals surface area contributed by atoms with Crippen LogP contribution in [-0.4, -0.2) is 56.1 Å². The summed E-state index contributed by atoms with van der Waals surface area (Å²) in [7, 11) is 0. The summed E-state index contributed by atoms with van der Waals surface area (Å²) in [5.41, 5.74) is 3.97. The molecule has 3 atom stereocenters. The maximum Gasteiger partial charge on any atom is 0.246 e. The Labute approximate surface area is 207 Å². The molecule has 8 nitrogen and oxygen atoms in total. The van der Waals surface area contributed by atoms with E-state index >= 15 is 0 Å². The highest BCUT2D eigenvalue weighted by Gasteiger charge is 2.46. The van der Waals surface area contributed by atoms with Crippen molar-refractivity contribution in [2.75, 3.05) is 6.54 Å². The van der Waals surface area contributed by atoms with Crippen LogP contribution < -0.4 is 10.6 Å². The Kier molecular flexibility index (Phi) is 5.54.